The van der Waals surface area contributed by atoms with E-state index in [0.29, 0.717) is 5.92 Å². The summed E-state index contributed by atoms with van der Waals surface area (Å²) in [5.41, 5.74) is 3.22. The van der Waals surface area contributed by atoms with Crippen LogP contribution in [0.3, 0.4) is 0 Å². The molecule has 1 aliphatic carbocycles. The van der Waals surface area contributed by atoms with Gasteiger partial charge < -0.3 is 10.6 Å². The normalized spacial score (nSPS) is 24.9. The molecule has 2 aliphatic rings. The van der Waals surface area contributed by atoms with Crippen LogP contribution in [0.2, 0.25) is 0 Å². The number of nitrogens with one attached hydrogen (secondary N) is 2. The van der Waals surface area contributed by atoms with Crippen LogP contribution in [0.5, 0.6) is 0 Å². The van der Waals surface area contributed by atoms with E-state index in [0.717, 1.165) is 36.7 Å². The van der Waals surface area contributed by atoms with E-state index >= 15 is 0 Å². The third kappa shape index (κ3) is 2.75. The average Bonchev–Trinajstić information content (AvgIpc) is 3.03. The zero-order valence-corrected chi connectivity index (χ0v) is 11.5. The molecule has 0 bridgehead atoms. The Morgan fingerprint density at radius 1 is 1.42 bits per heavy atom. The lowest BCUT2D eigenvalue weighted by molar-refractivity contribution is 0.0947. The third-order valence-corrected chi connectivity index (χ3v) is 4.44. The molecule has 19 heavy (non-hydrogen) atoms. The Morgan fingerprint density at radius 2 is 2.32 bits per heavy atom. The molecule has 2 unspecified atom stereocenters. The quantitative estimate of drug-likeness (QED) is 0.875. The lowest BCUT2D eigenvalue weighted by Gasteiger charge is -2.11. The van der Waals surface area contributed by atoms with Crippen LogP contribution in [-0.4, -0.2) is 19.0 Å². The smallest absolute Gasteiger partial charge is 0.251 e. The fraction of sp³-hybridized carbons (Fsp3) is 0.562. The molecule has 102 valence electrons. The second kappa shape index (κ2) is 5.24. The van der Waals surface area contributed by atoms with E-state index in [2.05, 4.69) is 23.6 Å². The summed E-state index contributed by atoms with van der Waals surface area (Å²) in [5, 5.41) is 6.40. The van der Waals surface area contributed by atoms with Gasteiger partial charge in [0.15, 0.2) is 0 Å². The highest BCUT2D eigenvalue weighted by Gasteiger charge is 2.22. The van der Waals surface area contributed by atoms with Gasteiger partial charge in [0.2, 0.25) is 0 Å². The molecule has 1 heterocycles. The van der Waals surface area contributed by atoms with E-state index < -0.39 is 0 Å². The molecule has 0 saturated heterocycles. The van der Waals surface area contributed by atoms with Crippen LogP contribution in [0.25, 0.3) is 0 Å². The predicted octanol–water partition coefficient (Wildman–Crippen LogP) is 2.82. The van der Waals surface area contributed by atoms with Gasteiger partial charge in [-0.3, -0.25) is 4.79 Å². The average molecular weight is 258 g/mol. The van der Waals surface area contributed by atoms with E-state index in [1.54, 1.807) is 0 Å². The van der Waals surface area contributed by atoms with Crippen LogP contribution in [0.4, 0.5) is 5.69 Å². The third-order valence-electron chi connectivity index (χ3n) is 4.44. The van der Waals surface area contributed by atoms with Crippen molar-refractivity contribution in [3.63, 3.8) is 0 Å². The van der Waals surface area contributed by atoms with Gasteiger partial charge in [0.25, 0.3) is 5.91 Å². The van der Waals surface area contributed by atoms with Crippen molar-refractivity contribution in [1.82, 2.24) is 5.32 Å². The molecule has 3 rings (SSSR count). The van der Waals surface area contributed by atoms with Crippen molar-refractivity contribution in [3.05, 3.63) is 29.3 Å². The Balaban J connectivity index is 1.58. The summed E-state index contributed by atoms with van der Waals surface area (Å²) in [6, 6.07) is 6.00. The summed E-state index contributed by atoms with van der Waals surface area (Å²) < 4.78 is 0. The minimum atomic E-state index is 0.0658. The fourth-order valence-electron chi connectivity index (χ4n) is 3.28. The number of carbonyl (C=O) groups excluding carboxylic acids is 1. The van der Waals surface area contributed by atoms with Crippen LogP contribution >= 0.6 is 0 Å². The van der Waals surface area contributed by atoms with Crippen molar-refractivity contribution in [2.24, 2.45) is 11.8 Å². The molecule has 1 saturated carbocycles. The van der Waals surface area contributed by atoms with Crippen molar-refractivity contribution < 1.29 is 4.79 Å². The first-order valence-corrected chi connectivity index (χ1v) is 7.37. The number of carbonyl (C=O) groups is 1. The first kappa shape index (κ1) is 12.5. The van der Waals surface area contributed by atoms with Crippen molar-refractivity contribution >= 4 is 11.6 Å². The molecular formula is C16H22N2O. The van der Waals surface area contributed by atoms with Gasteiger partial charge in [-0.1, -0.05) is 19.4 Å². The summed E-state index contributed by atoms with van der Waals surface area (Å²) >= 11 is 0. The maximum absolute atomic E-state index is 12.1. The molecule has 0 aromatic heterocycles. The number of hydrogen-bond acceptors (Lipinski definition) is 2. The zero-order chi connectivity index (χ0) is 13.2. The molecule has 3 heteroatoms. The van der Waals surface area contributed by atoms with Crippen LogP contribution < -0.4 is 10.6 Å². The second-order valence-electron chi connectivity index (χ2n) is 6.04. The maximum Gasteiger partial charge on any atom is 0.251 e. The number of benzene rings is 1. The van der Waals surface area contributed by atoms with Gasteiger partial charge in [-0.05, 0) is 48.8 Å². The lowest BCUT2D eigenvalue weighted by Crippen LogP contribution is -2.28. The van der Waals surface area contributed by atoms with Gasteiger partial charge >= 0.3 is 0 Å². The van der Waals surface area contributed by atoms with Crippen molar-refractivity contribution in [1.29, 1.82) is 0 Å². The van der Waals surface area contributed by atoms with Crippen molar-refractivity contribution in [2.75, 3.05) is 18.4 Å². The van der Waals surface area contributed by atoms with E-state index in [1.807, 2.05) is 12.1 Å². The predicted molar refractivity (Wildman–Crippen MR) is 77.5 cm³/mol. The molecule has 1 aromatic carbocycles. The molecule has 0 radical (unpaired) electrons. The molecule has 1 aliphatic heterocycles. The minimum absolute atomic E-state index is 0.0658. The number of fused-ring (bicyclic) bond motifs is 1. The van der Waals surface area contributed by atoms with Crippen molar-refractivity contribution in [2.45, 2.75) is 32.6 Å². The van der Waals surface area contributed by atoms with Gasteiger partial charge in [0, 0.05) is 24.3 Å². The molecular weight excluding hydrogens is 236 g/mol. The zero-order valence-electron chi connectivity index (χ0n) is 11.5. The highest BCUT2D eigenvalue weighted by molar-refractivity contribution is 5.95. The Morgan fingerprint density at radius 3 is 3.11 bits per heavy atom. The standard InChI is InChI=1S/C16H22N2O/c1-11-2-3-12(8-11)10-18-16(19)14-5-4-13-6-7-17-15(13)9-14/h4-5,9,11-12,17H,2-3,6-8,10H2,1H3,(H,18,19). The Kier molecular flexibility index (Phi) is 3.45. The molecule has 3 nitrogen and oxygen atoms in total. The van der Waals surface area contributed by atoms with Gasteiger partial charge in [-0.2, -0.15) is 0 Å². The van der Waals surface area contributed by atoms with E-state index in [-0.39, 0.29) is 5.91 Å². The topological polar surface area (TPSA) is 41.1 Å². The largest absolute Gasteiger partial charge is 0.384 e. The molecule has 1 aromatic rings. The van der Waals surface area contributed by atoms with E-state index in [4.69, 9.17) is 0 Å². The Bertz CT molecular complexity index is 484. The molecule has 1 fully saturated rings. The summed E-state index contributed by atoms with van der Waals surface area (Å²) in [6.07, 6.45) is 4.89. The van der Waals surface area contributed by atoms with Crippen LogP contribution in [0.15, 0.2) is 18.2 Å². The van der Waals surface area contributed by atoms with Gasteiger partial charge in [-0.15, -0.1) is 0 Å². The highest BCUT2D eigenvalue weighted by atomic mass is 16.1. The molecule has 0 spiro atoms. The molecule has 1 amide bonds. The van der Waals surface area contributed by atoms with Gasteiger partial charge in [0.1, 0.15) is 0 Å². The minimum Gasteiger partial charge on any atom is -0.384 e. The van der Waals surface area contributed by atoms with E-state index in [9.17, 15) is 4.79 Å². The SMILES string of the molecule is CC1CCC(CNC(=O)c2ccc3c(c2)NCC3)C1. The lowest BCUT2D eigenvalue weighted by atomic mass is 10.1. The monoisotopic (exact) mass is 258 g/mol. The number of anilines is 1. The summed E-state index contributed by atoms with van der Waals surface area (Å²) in [6.45, 7) is 4.11. The fourth-order valence-corrected chi connectivity index (χ4v) is 3.28. The van der Waals surface area contributed by atoms with Gasteiger partial charge in [0.05, 0.1) is 0 Å². The van der Waals surface area contributed by atoms with Crippen LogP contribution in [-0.2, 0) is 6.42 Å². The van der Waals surface area contributed by atoms with Crippen LogP contribution in [0, 0.1) is 11.8 Å². The Hall–Kier alpha value is -1.51. The number of amides is 1. The molecule has 2 atom stereocenters. The second-order valence-corrected chi connectivity index (χ2v) is 6.04. The summed E-state index contributed by atoms with van der Waals surface area (Å²) in [4.78, 5) is 12.1. The van der Waals surface area contributed by atoms with Gasteiger partial charge in [-0.25, -0.2) is 0 Å². The summed E-state index contributed by atoms with van der Waals surface area (Å²) in [7, 11) is 0. The number of rotatable bonds is 3. The first-order chi connectivity index (χ1) is 9.22. The summed E-state index contributed by atoms with van der Waals surface area (Å²) in [5.74, 6) is 1.56. The van der Waals surface area contributed by atoms with E-state index in [1.165, 1.54) is 24.8 Å². The molecule has 2 N–H and O–H groups in total. The van der Waals surface area contributed by atoms with Crippen LogP contribution in [0.1, 0.15) is 42.1 Å². The Labute approximate surface area is 114 Å². The van der Waals surface area contributed by atoms with Crippen molar-refractivity contribution in [3.8, 4) is 0 Å². The maximum atomic E-state index is 12.1. The first-order valence-electron chi connectivity index (χ1n) is 7.37. The number of hydrogen-bond donors (Lipinski definition) is 2. The highest BCUT2D eigenvalue weighted by Crippen LogP contribution is 2.29.